The average molecular weight is 392 g/mol. The summed E-state index contributed by atoms with van der Waals surface area (Å²) in [6.07, 6.45) is 7.08. The van der Waals surface area contributed by atoms with Crippen molar-refractivity contribution in [1.29, 1.82) is 0 Å². The number of nitrogens with one attached hydrogen (secondary N) is 2. The Balaban J connectivity index is 1.48. The topological polar surface area (TPSA) is 78.5 Å². The third-order valence-corrected chi connectivity index (χ3v) is 7.10. The summed E-state index contributed by atoms with van der Waals surface area (Å²) in [5.41, 5.74) is 2.25. The lowest BCUT2D eigenvalue weighted by molar-refractivity contribution is -0.120. The Labute approximate surface area is 162 Å². The second-order valence-corrected chi connectivity index (χ2v) is 9.14. The van der Waals surface area contributed by atoms with E-state index in [1.807, 2.05) is 12.1 Å². The van der Waals surface area contributed by atoms with Gasteiger partial charge in [0.25, 0.3) is 0 Å². The van der Waals surface area contributed by atoms with Crippen LogP contribution < -0.4 is 10.6 Å². The van der Waals surface area contributed by atoms with Crippen molar-refractivity contribution in [2.45, 2.75) is 43.4 Å². The number of carbonyl (C=O) groups is 1. The van der Waals surface area contributed by atoms with E-state index >= 15 is 0 Å². The summed E-state index contributed by atoms with van der Waals surface area (Å²) < 4.78 is 26.9. The van der Waals surface area contributed by atoms with Crippen LogP contribution in [0.1, 0.15) is 37.7 Å². The van der Waals surface area contributed by atoms with Crippen LogP contribution in [-0.2, 0) is 21.2 Å². The summed E-state index contributed by atoms with van der Waals surface area (Å²) in [4.78, 5) is 12.4. The maximum Gasteiger partial charge on any atom is 0.243 e. The minimum atomic E-state index is -3.39. The molecule has 0 aliphatic carbocycles. The minimum absolute atomic E-state index is 0.0273. The third kappa shape index (κ3) is 5.64. The van der Waals surface area contributed by atoms with Gasteiger partial charge in [0.05, 0.1) is 4.90 Å². The van der Waals surface area contributed by atoms with Gasteiger partial charge in [-0.1, -0.05) is 30.2 Å². The van der Waals surface area contributed by atoms with E-state index < -0.39 is 10.0 Å². The van der Waals surface area contributed by atoms with Crippen molar-refractivity contribution in [2.75, 3.05) is 32.7 Å². The zero-order valence-corrected chi connectivity index (χ0v) is 16.6. The Morgan fingerprint density at radius 3 is 2.52 bits per heavy atom. The van der Waals surface area contributed by atoms with Crippen LogP contribution in [0, 0.1) is 0 Å². The van der Waals surface area contributed by atoms with Gasteiger partial charge in [-0.3, -0.25) is 4.79 Å². The van der Waals surface area contributed by atoms with E-state index in [2.05, 4.69) is 16.7 Å². The van der Waals surface area contributed by atoms with Crippen LogP contribution in [0.2, 0.25) is 0 Å². The van der Waals surface area contributed by atoms with Crippen LogP contribution in [0.3, 0.4) is 0 Å². The molecule has 2 heterocycles. The average Bonchev–Trinajstić information content (AvgIpc) is 2.72. The standard InChI is InChI=1S/C20H29N3O3S/c24-20(22-16-18-10-12-21-13-11-18)9-6-17-4-7-19(8-5-17)27(25,26)23-14-2-1-3-15-23/h4-5,7-8,10,21H,1-3,6,9,11-16H2,(H,22,24). The number of piperidine rings is 1. The van der Waals surface area contributed by atoms with E-state index in [-0.39, 0.29) is 5.91 Å². The Morgan fingerprint density at radius 1 is 1.11 bits per heavy atom. The fraction of sp³-hybridized carbons (Fsp3) is 0.550. The van der Waals surface area contributed by atoms with Gasteiger partial charge in [-0.15, -0.1) is 0 Å². The Morgan fingerprint density at radius 2 is 1.85 bits per heavy atom. The molecule has 0 saturated carbocycles. The molecule has 148 valence electrons. The summed E-state index contributed by atoms with van der Waals surface area (Å²) in [5.74, 6) is 0.0273. The van der Waals surface area contributed by atoms with Crippen LogP contribution in [-0.4, -0.2) is 51.4 Å². The molecule has 0 spiro atoms. The van der Waals surface area contributed by atoms with Crippen LogP contribution in [0.15, 0.2) is 40.8 Å². The molecule has 0 bridgehead atoms. The molecule has 0 unspecified atom stereocenters. The molecular weight excluding hydrogens is 362 g/mol. The molecule has 0 aromatic heterocycles. The summed E-state index contributed by atoms with van der Waals surface area (Å²) in [5, 5.41) is 6.21. The third-order valence-electron chi connectivity index (χ3n) is 5.19. The molecule has 7 heteroatoms. The maximum atomic E-state index is 12.7. The van der Waals surface area contributed by atoms with Crippen molar-refractivity contribution in [1.82, 2.24) is 14.9 Å². The Bertz CT molecular complexity index is 766. The van der Waals surface area contributed by atoms with E-state index in [1.54, 1.807) is 16.4 Å². The van der Waals surface area contributed by atoms with Gasteiger partial charge in [0.1, 0.15) is 0 Å². The Hall–Kier alpha value is -1.70. The largest absolute Gasteiger partial charge is 0.352 e. The first-order chi connectivity index (χ1) is 13.1. The van der Waals surface area contributed by atoms with Gasteiger partial charge in [-0.2, -0.15) is 4.31 Å². The molecule has 3 rings (SSSR count). The second-order valence-electron chi connectivity index (χ2n) is 7.20. The zero-order chi connectivity index (χ0) is 19.1. The van der Waals surface area contributed by atoms with E-state index in [1.165, 1.54) is 5.57 Å². The first kappa shape index (κ1) is 20.0. The van der Waals surface area contributed by atoms with Crippen molar-refractivity contribution in [3.05, 3.63) is 41.5 Å². The molecule has 1 aromatic carbocycles. The van der Waals surface area contributed by atoms with Crippen molar-refractivity contribution in [3.63, 3.8) is 0 Å². The molecule has 2 aliphatic heterocycles. The number of aryl methyl sites for hydroxylation is 1. The number of sulfonamides is 1. The molecule has 0 radical (unpaired) electrons. The Kier molecular flexibility index (Phi) is 7.04. The fourth-order valence-electron chi connectivity index (χ4n) is 3.47. The van der Waals surface area contributed by atoms with E-state index in [0.29, 0.717) is 37.4 Å². The summed E-state index contributed by atoms with van der Waals surface area (Å²) in [6.45, 7) is 3.67. The van der Waals surface area contributed by atoms with Gasteiger partial charge in [0.15, 0.2) is 0 Å². The van der Waals surface area contributed by atoms with Crippen LogP contribution in [0.25, 0.3) is 0 Å². The second kappa shape index (κ2) is 9.48. The van der Waals surface area contributed by atoms with Crippen molar-refractivity contribution < 1.29 is 13.2 Å². The van der Waals surface area contributed by atoms with Crippen LogP contribution >= 0.6 is 0 Å². The van der Waals surface area contributed by atoms with Gasteiger partial charge in [0.2, 0.25) is 15.9 Å². The fourth-order valence-corrected chi connectivity index (χ4v) is 4.99. The smallest absolute Gasteiger partial charge is 0.243 e. The maximum absolute atomic E-state index is 12.7. The highest BCUT2D eigenvalue weighted by Gasteiger charge is 2.25. The molecule has 1 aromatic rings. The number of hydrogen-bond acceptors (Lipinski definition) is 4. The quantitative estimate of drug-likeness (QED) is 0.695. The number of nitrogens with zero attached hydrogens (tertiary/aromatic N) is 1. The minimum Gasteiger partial charge on any atom is -0.352 e. The number of amides is 1. The molecule has 1 saturated heterocycles. The SMILES string of the molecule is O=C(CCc1ccc(S(=O)(=O)N2CCCCC2)cc1)NCC1=CCNCC1. The monoisotopic (exact) mass is 391 g/mol. The molecular formula is C20H29N3O3S. The molecule has 1 amide bonds. The van der Waals surface area contributed by atoms with Gasteiger partial charge in [-0.25, -0.2) is 8.42 Å². The first-order valence-electron chi connectivity index (χ1n) is 9.80. The number of carbonyl (C=O) groups excluding carboxylic acids is 1. The highest BCUT2D eigenvalue weighted by atomic mass is 32.2. The molecule has 2 N–H and O–H groups in total. The van der Waals surface area contributed by atoms with E-state index in [4.69, 9.17) is 0 Å². The van der Waals surface area contributed by atoms with Crippen molar-refractivity contribution in [2.24, 2.45) is 0 Å². The molecule has 1 fully saturated rings. The normalized spacial score (nSPS) is 18.7. The number of benzene rings is 1. The van der Waals surface area contributed by atoms with Gasteiger partial charge < -0.3 is 10.6 Å². The highest BCUT2D eigenvalue weighted by molar-refractivity contribution is 7.89. The molecule has 6 nitrogen and oxygen atoms in total. The summed E-state index contributed by atoms with van der Waals surface area (Å²) in [6, 6.07) is 6.97. The lowest BCUT2D eigenvalue weighted by atomic mass is 10.1. The van der Waals surface area contributed by atoms with E-state index in [0.717, 1.165) is 44.3 Å². The number of hydrogen-bond donors (Lipinski definition) is 2. The molecule has 27 heavy (non-hydrogen) atoms. The molecule has 0 atom stereocenters. The van der Waals surface area contributed by atoms with Gasteiger partial charge >= 0.3 is 0 Å². The van der Waals surface area contributed by atoms with Crippen molar-refractivity contribution in [3.8, 4) is 0 Å². The van der Waals surface area contributed by atoms with Crippen LogP contribution in [0.5, 0.6) is 0 Å². The number of rotatable bonds is 7. The lowest BCUT2D eigenvalue weighted by Gasteiger charge is -2.25. The first-order valence-corrected chi connectivity index (χ1v) is 11.2. The summed E-state index contributed by atoms with van der Waals surface area (Å²) in [7, 11) is -3.39. The highest BCUT2D eigenvalue weighted by Crippen LogP contribution is 2.21. The van der Waals surface area contributed by atoms with Crippen molar-refractivity contribution >= 4 is 15.9 Å². The van der Waals surface area contributed by atoms with Crippen LogP contribution in [0.4, 0.5) is 0 Å². The molecule has 2 aliphatic rings. The predicted molar refractivity (Wildman–Crippen MR) is 106 cm³/mol. The lowest BCUT2D eigenvalue weighted by Crippen LogP contribution is -2.35. The zero-order valence-electron chi connectivity index (χ0n) is 15.7. The van der Waals surface area contributed by atoms with Gasteiger partial charge in [-0.05, 0) is 49.9 Å². The van der Waals surface area contributed by atoms with E-state index in [9.17, 15) is 13.2 Å². The summed E-state index contributed by atoms with van der Waals surface area (Å²) >= 11 is 0. The van der Waals surface area contributed by atoms with Gasteiger partial charge in [0, 0.05) is 32.6 Å². The predicted octanol–water partition coefficient (Wildman–Crippen LogP) is 1.83.